The van der Waals surface area contributed by atoms with Crippen LogP contribution in [0.5, 0.6) is 0 Å². The van der Waals surface area contributed by atoms with E-state index in [2.05, 4.69) is 84.0 Å². The highest BCUT2D eigenvalue weighted by molar-refractivity contribution is 6.91. The van der Waals surface area contributed by atoms with Crippen molar-refractivity contribution in [3.8, 4) is 0 Å². The van der Waals surface area contributed by atoms with Crippen LogP contribution in [-0.2, 0) is 0 Å². The lowest BCUT2D eigenvalue weighted by Crippen LogP contribution is -2.45. The summed E-state index contributed by atoms with van der Waals surface area (Å²) in [7, 11) is -1.44. The molecule has 2 aromatic rings. The predicted molar refractivity (Wildman–Crippen MR) is 119 cm³/mol. The maximum Gasteiger partial charge on any atom is 0.132 e. The van der Waals surface area contributed by atoms with Gasteiger partial charge in [-0.15, -0.1) is 0 Å². The van der Waals surface area contributed by atoms with Crippen molar-refractivity contribution in [1.82, 2.24) is 0 Å². The molecule has 0 unspecified atom stereocenters. The summed E-state index contributed by atoms with van der Waals surface area (Å²) in [5.74, 6) is 0. The minimum Gasteiger partial charge on any atom is -0.0804 e. The number of hydrogen-bond donors (Lipinski definition) is 0. The Kier molecular flexibility index (Phi) is 5.67. The minimum absolute atomic E-state index is 1.14. The Morgan fingerprint density at radius 2 is 1.19 bits per heavy atom. The highest BCUT2D eigenvalue weighted by Crippen LogP contribution is 2.31. The monoisotopic (exact) mass is 360 g/mol. The molecule has 1 aliphatic carbocycles. The first-order valence-electron chi connectivity index (χ1n) is 9.94. The molecular formula is C25H32Si. The van der Waals surface area contributed by atoms with Gasteiger partial charge in [0.2, 0.25) is 0 Å². The van der Waals surface area contributed by atoms with E-state index in [1.165, 1.54) is 35.1 Å². The van der Waals surface area contributed by atoms with Crippen LogP contribution in [0.3, 0.4) is 0 Å². The lowest BCUT2D eigenvalue weighted by atomic mass is 10.1. The fourth-order valence-corrected chi connectivity index (χ4v) is 8.47. The van der Waals surface area contributed by atoms with Gasteiger partial charge in [-0.2, -0.15) is 0 Å². The average Bonchev–Trinajstić information content (AvgIpc) is 2.88. The lowest BCUT2D eigenvalue weighted by molar-refractivity contribution is 0.912. The van der Waals surface area contributed by atoms with Crippen LogP contribution in [0.1, 0.15) is 55.4 Å². The van der Waals surface area contributed by atoms with Crippen LogP contribution in [0.4, 0.5) is 0 Å². The van der Waals surface area contributed by atoms with E-state index in [1.807, 2.05) is 0 Å². The second-order valence-corrected chi connectivity index (χ2v) is 11.0. The molecule has 0 heterocycles. The summed E-state index contributed by atoms with van der Waals surface area (Å²) in [5.41, 5.74) is 8.79. The number of allylic oxidation sites excluding steroid dienone is 4. The highest BCUT2D eigenvalue weighted by atomic mass is 28.3. The highest BCUT2D eigenvalue weighted by Gasteiger charge is 2.27. The molecule has 0 amide bonds. The van der Waals surface area contributed by atoms with Crippen molar-refractivity contribution in [2.45, 2.75) is 60.8 Å². The second kappa shape index (κ2) is 7.80. The molecule has 0 spiro atoms. The second-order valence-electron chi connectivity index (χ2n) is 8.15. The van der Waals surface area contributed by atoms with E-state index in [4.69, 9.17) is 0 Å². The van der Waals surface area contributed by atoms with Gasteiger partial charge in [0.25, 0.3) is 0 Å². The fraction of sp³-hybridized carbons (Fsp3) is 0.360. The van der Waals surface area contributed by atoms with Gasteiger partial charge in [0.1, 0.15) is 8.80 Å². The van der Waals surface area contributed by atoms with E-state index >= 15 is 0 Å². The third-order valence-corrected chi connectivity index (χ3v) is 8.66. The molecule has 26 heavy (non-hydrogen) atoms. The Bertz CT molecular complexity index is 791. The first-order chi connectivity index (χ1) is 12.4. The standard InChI is InChI=1S/C25H32Si/c1-7-8-24-21(6)9-10-25(24)26(22-13-17(2)11-18(3)14-22)23-15-19(4)12-20(5)16-23/h10-16,26H,7-9H2,1-6H3. The summed E-state index contributed by atoms with van der Waals surface area (Å²) in [5, 5.41) is 4.82. The zero-order valence-corrected chi connectivity index (χ0v) is 18.4. The maximum atomic E-state index is 2.55. The third-order valence-electron chi connectivity index (χ3n) is 5.46. The SMILES string of the molecule is CCCC1=C(C)CC=C1[SiH](c1cc(C)cc(C)c1)c1cc(C)cc(C)c1. The van der Waals surface area contributed by atoms with Crippen LogP contribution in [0.25, 0.3) is 0 Å². The number of hydrogen-bond acceptors (Lipinski definition) is 0. The van der Waals surface area contributed by atoms with Crippen LogP contribution in [0.15, 0.2) is 58.8 Å². The van der Waals surface area contributed by atoms with Gasteiger partial charge in [-0.1, -0.05) is 99.2 Å². The molecule has 0 bridgehead atoms. The van der Waals surface area contributed by atoms with Crippen molar-refractivity contribution in [1.29, 1.82) is 0 Å². The molecule has 2 aromatic carbocycles. The summed E-state index contributed by atoms with van der Waals surface area (Å²) in [6.07, 6.45) is 6.14. The summed E-state index contributed by atoms with van der Waals surface area (Å²) in [4.78, 5) is 0. The molecule has 0 saturated heterocycles. The van der Waals surface area contributed by atoms with Crippen LogP contribution >= 0.6 is 0 Å². The molecule has 0 aliphatic heterocycles. The largest absolute Gasteiger partial charge is 0.132 e. The van der Waals surface area contributed by atoms with Gasteiger partial charge in [-0.3, -0.25) is 0 Å². The van der Waals surface area contributed by atoms with Crippen molar-refractivity contribution in [2.75, 3.05) is 0 Å². The van der Waals surface area contributed by atoms with E-state index in [-0.39, 0.29) is 0 Å². The molecule has 0 radical (unpaired) electrons. The van der Waals surface area contributed by atoms with Gasteiger partial charge in [-0.05, 0) is 53.0 Å². The molecule has 0 atom stereocenters. The van der Waals surface area contributed by atoms with Crippen LogP contribution in [0.2, 0.25) is 0 Å². The van der Waals surface area contributed by atoms with Crippen molar-refractivity contribution >= 4 is 19.2 Å². The summed E-state index contributed by atoms with van der Waals surface area (Å²) in [6.45, 7) is 13.6. The van der Waals surface area contributed by atoms with E-state index < -0.39 is 8.80 Å². The first-order valence-corrected chi connectivity index (χ1v) is 11.7. The first kappa shape index (κ1) is 18.9. The zero-order chi connectivity index (χ0) is 18.8. The third kappa shape index (κ3) is 3.93. The summed E-state index contributed by atoms with van der Waals surface area (Å²) < 4.78 is 0. The zero-order valence-electron chi connectivity index (χ0n) is 17.2. The molecule has 0 fully saturated rings. The quantitative estimate of drug-likeness (QED) is 0.639. The number of aryl methyl sites for hydroxylation is 4. The van der Waals surface area contributed by atoms with Crippen LogP contribution in [0, 0.1) is 27.7 Å². The molecule has 0 saturated carbocycles. The van der Waals surface area contributed by atoms with Gasteiger partial charge in [0.15, 0.2) is 0 Å². The maximum absolute atomic E-state index is 2.55. The van der Waals surface area contributed by atoms with Crippen molar-refractivity contribution in [3.05, 3.63) is 81.1 Å². The van der Waals surface area contributed by atoms with E-state index in [9.17, 15) is 0 Å². The Balaban J connectivity index is 2.20. The summed E-state index contributed by atoms with van der Waals surface area (Å²) in [6, 6.07) is 14.4. The Morgan fingerprint density at radius 3 is 1.62 bits per heavy atom. The number of rotatable bonds is 5. The molecule has 3 rings (SSSR count). The molecule has 1 aliphatic rings. The van der Waals surface area contributed by atoms with Crippen LogP contribution < -0.4 is 10.4 Å². The molecule has 1 heteroatoms. The van der Waals surface area contributed by atoms with Crippen molar-refractivity contribution < 1.29 is 0 Å². The van der Waals surface area contributed by atoms with Gasteiger partial charge in [-0.25, -0.2) is 0 Å². The van der Waals surface area contributed by atoms with Crippen LogP contribution in [-0.4, -0.2) is 8.80 Å². The number of benzene rings is 2. The van der Waals surface area contributed by atoms with Crippen molar-refractivity contribution in [3.63, 3.8) is 0 Å². The van der Waals surface area contributed by atoms with E-state index in [0.29, 0.717) is 0 Å². The molecule has 136 valence electrons. The Morgan fingerprint density at radius 1 is 0.731 bits per heavy atom. The van der Waals surface area contributed by atoms with Gasteiger partial charge in [0, 0.05) is 0 Å². The minimum atomic E-state index is -1.44. The Hall–Kier alpha value is -1.86. The summed E-state index contributed by atoms with van der Waals surface area (Å²) >= 11 is 0. The van der Waals surface area contributed by atoms with Gasteiger partial charge < -0.3 is 0 Å². The topological polar surface area (TPSA) is 0 Å². The van der Waals surface area contributed by atoms with E-state index in [1.54, 1.807) is 26.7 Å². The molecule has 0 N–H and O–H groups in total. The molecule has 0 aromatic heterocycles. The van der Waals surface area contributed by atoms with Gasteiger partial charge >= 0.3 is 0 Å². The normalized spacial score (nSPS) is 14.3. The smallest absolute Gasteiger partial charge is 0.0804 e. The molecular weight excluding hydrogens is 328 g/mol. The predicted octanol–water partition coefficient (Wildman–Crippen LogP) is 5.25. The average molecular weight is 361 g/mol. The van der Waals surface area contributed by atoms with Crippen molar-refractivity contribution in [2.24, 2.45) is 0 Å². The Labute approximate surface area is 161 Å². The fourth-order valence-electron chi connectivity index (χ4n) is 4.56. The van der Waals surface area contributed by atoms with Gasteiger partial charge in [0.05, 0.1) is 0 Å². The molecule has 0 nitrogen and oxygen atoms in total. The lowest BCUT2D eigenvalue weighted by Gasteiger charge is -2.23. The van der Waals surface area contributed by atoms with E-state index in [0.717, 1.165) is 6.42 Å².